The monoisotopic (exact) mass is 318 g/mol. The zero-order valence-electron chi connectivity index (χ0n) is 14.2. The van der Waals surface area contributed by atoms with Crippen molar-refractivity contribution in [2.75, 3.05) is 0 Å². The normalized spacial score (nSPS) is 52.8. The molecule has 23 heavy (non-hydrogen) atoms. The van der Waals surface area contributed by atoms with Gasteiger partial charge in [0.1, 0.15) is 17.7 Å². The van der Waals surface area contributed by atoms with E-state index in [1.165, 1.54) is 0 Å². The van der Waals surface area contributed by atoms with Crippen LogP contribution in [0.15, 0.2) is 12.2 Å². The summed E-state index contributed by atoms with van der Waals surface area (Å²) in [6, 6.07) is 0. The summed E-state index contributed by atoms with van der Waals surface area (Å²) in [5, 5.41) is 0. The first-order valence-corrected chi connectivity index (χ1v) is 9.14. The van der Waals surface area contributed by atoms with Crippen molar-refractivity contribution in [3.63, 3.8) is 0 Å². The van der Waals surface area contributed by atoms with Crippen LogP contribution in [0.2, 0.25) is 0 Å². The number of Topliss-reactive ketones (excluding diaryl/α,β-unsaturated/α-hetero) is 2. The number of allylic oxidation sites excluding steroid dienone is 1. The van der Waals surface area contributed by atoms with Gasteiger partial charge in [-0.1, -0.05) is 26.0 Å². The minimum absolute atomic E-state index is 0.0700. The Bertz CT molecular complexity index is 596. The maximum atomic E-state index is 14.8. The highest BCUT2D eigenvalue weighted by atomic mass is 19.1. The molecule has 4 aliphatic carbocycles. The van der Waals surface area contributed by atoms with Gasteiger partial charge in [-0.15, -0.1) is 0 Å². The summed E-state index contributed by atoms with van der Waals surface area (Å²) in [5.74, 6) is 1.29. The number of carbonyl (C=O) groups excluding carboxylic acids is 2. The zero-order valence-corrected chi connectivity index (χ0v) is 14.2. The largest absolute Gasteiger partial charge is 0.300 e. The van der Waals surface area contributed by atoms with Gasteiger partial charge < -0.3 is 0 Å². The first kappa shape index (κ1) is 15.5. The van der Waals surface area contributed by atoms with Crippen molar-refractivity contribution < 1.29 is 14.0 Å². The number of halogens is 1. The van der Waals surface area contributed by atoms with Crippen molar-refractivity contribution in [2.24, 2.45) is 34.5 Å². The second-order valence-corrected chi connectivity index (χ2v) is 9.06. The Kier molecular flexibility index (Phi) is 3.22. The molecule has 0 amide bonds. The van der Waals surface area contributed by atoms with E-state index in [9.17, 15) is 14.0 Å². The lowest BCUT2D eigenvalue weighted by atomic mass is 9.44. The van der Waals surface area contributed by atoms with Gasteiger partial charge in [-0.3, -0.25) is 9.59 Å². The fourth-order valence-electron chi connectivity index (χ4n) is 6.82. The number of fused-ring (bicyclic) bond motifs is 5. The highest BCUT2D eigenvalue weighted by Gasteiger charge is 2.63. The molecule has 0 spiro atoms. The Morgan fingerprint density at radius 3 is 2.61 bits per heavy atom. The summed E-state index contributed by atoms with van der Waals surface area (Å²) in [4.78, 5) is 24.3. The zero-order chi connectivity index (χ0) is 16.6. The van der Waals surface area contributed by atoms with Crippen LogP contribution in [0, 0.1) is 34.5 Å². The predicted molar refractivity (Wildman–Crippen MR) is 86.5 cm³/mol. The summed E-state index contributed by atoms with van der Waals surface area (Å²) < 4.78 is 14.8. The van der Waals surface area contributed by atoms with Gasteiger partial charge in [0.25, 0.3) is 0 Å². The molecule has 0 radical (unpaired) electrons. The first-order chi connectivity index (χ1) is 10.8. The fraction of sp³-hybridized carbons (Fsp3) is 0.800. The average molecular weight is 318 g/mol. The average Bonchev–Trinajstić information content (AvgIpc) is 2.71. The van der Waals surface area contributed by atoms with Crippen LogP contribution < -0.4 is 0 Å². The number of rotatable bonds is 0. The van der Waals surface area contributed by atoms with E-state index in [4.69, 9.17) is 0 Å². The van der Waals surface area contributed by atoms with Crippen molar-refractivity contribution in [3.8, 4) is 0 Å². The molecule has 0 saturated heterocycles. The predicted octanol–water partition coefficient (Wildman–Crippen LogP) is 4.28. The van der Waals surface area contributed by atoms with E-state index in [2.05, 4.69) is 13.5 Å². The van der Waals surface area contributed by atoms with Gasteiger partial charge in [0, 0.05) is 30.6 Å². The summed E-state index contributed by atoms with van der Waals surface area (Å²) >= 11 is 0. The van der Waals surface area contributed by atoms with Crippen LogP contribution in [-0.2, 0) is 9.59 Å². The van der Waals surface area contributed by atoms with E-state index in [1.54, 1.807) is 0 Å². The molecule has 0 aliphatic heterocycles. The summed E-state index contributed by atoms with van der Waals surface area (Å²) in [5.41, 5.74) is 0.743. The van der Waals surface area contributed by atoms with Gasteiger partial charge >= 0.3 is 0 Å². The third kappa shape index (κ3) is 1.91. The molecule has 0 aromatic carbocycles. The molecule has 0 aromatic rings. The summed E-state index contributed by atoms with van der Waals surface area (Å²) in [7, 11) is 0. The van der Waals surface area contributed by atoms with Crippen LogP contribution >= 0.6 is 0 Å². The van der Waals surface area contributed by atoms with Crippen LogP contribution in [0.25, 0.3) is 0 Å². The Balaban J connectivity index is 1.73. The molecule has 126 valence electrons. The molecule has 0 N–H and O–H groups in total. The minimum atomic E-state index is -0.988. The van der Waals surface area contributed by atoms with Crippen LogP contribution in [0.5, 0.6) is 0 Å². The van der Waals surface area contributed by atoms with Gasteiger partial charge in [0.15, 0.2) is 0 Å². The molecule has 0 aromatic heterocycles. The standard InChI is InChI=1S/C20H27FO2/c1-11-8-13-14(19(2)6-4-12(22)9-15(11)19)5-7-20(3)17(23)10-16(21)18(13)20/h13-16,18H,1,4-10H2,2-3H3/t13?,14?,15-,16?,18?,19?,20-/m1/s1. The lowest BCUT2D eigenvalue weighted by Crippen LogP contribution is -2.55. The molecular weight excluding hydrogens is 291 g/mol. The number of hydrogen-bond donors (Lipinski definition) is 0. The van der Waals surface area contributed by atoms with Gasteiger partial charge in [0.2, 0.25) is 0 Å². The van der Waals surface area contributed by atoms with E-state index < -0.39 is 11.6 Å². The molecule has 2 nitrogen and oxygen atoms in total. The number of carbonyl (C=O) groups is 2. The first-order valence-electron chi connectivity index (χ1n) is 9.14. The Morgan fingerprint density at radius 2 is 1.87 bits per heavy atom. The molecule has 3 heteroatoms. The van der Waals surface area contributed by atoms with E-state index in [0.29, 0.717) is 24.5 Å². The van der Waals surface area contributed by atoms with E-state index in [-0.39, 0.29) is 35.4 Å². The Labute approximate surface area is 137 Å². The van der Waals surface area contributed by atoms with Crippen molar-refractivity contribution in [3.05, 3.63) is 12.2 Å². The third-order valence-electron chi connectivity index (χ3n) is 8.10. The molecule has 4 rings (SSSR count). The molecule has 5 unspecified atom stereocenters. The topological polar surface area (TPSA) is 34.1 Å². The van der Waals surface area contributed by atoms with Gasteiger partial charge in [-0.2, -0.15) is 0 Å². The van der Waals surface area contributed by atoms with Gasteiger partial charge in [0.05, 0.1) is 0 Å². The molecular formula is C20H27FO2. The maximum Gasteiger partial charge on any atom is 0.142 e. The van der Waals surface area contributed by atoms with Crippen LogP contribution in [0.4, 0.5) is 4.39 Å². The second-order valence-electron chi connectivity index (χ2n) is 9.06. The molecule has 7 atom stereocenters. The van der Waals surface area contributed by atoms with E-state index in [1.807, 2.05) is 6.92 Å². The minimum Gasteiger partial charge on any atom is -0.300 e. The Hall–Kier alpha value is -0.990. The molecule has 4 fully saturated rings. The lowest BCUT2D eigenvalue weighted by Gasteiger charge is -2.60. The molecule has 0 bridgehead atoms. The lowest BCUT2D eigenvalue weighted by molar-refractivity contribution is -0.140. The van der Waals surface area contributed by atoms with E-state index >= 15 is 0 Å². The second kappa shape index (κ2) is 4.77. The molecule has 4 aliphatic rings. The van der Waals surface area contributed by atoms with Crippen LogP contribution in [-0.4, -0.2) is 17.7 Å². The highest BCUT2D eigenvalue weighted by Crippen LogP contribution is 2.66. The quantitative estimate of drug-likeness (QED) is 0.625. The number of ketones is 2. The third-order valence-corrected chi connectivity index (χ3v) is 8.10. The summed E-state index contributed by atoms with van der Waals surface area (Å²) in [6.45, 7) is 8.59. The number of hydrogen-bond acceptors (Lipinski definition) is 2. The Morgan fingerprint density at radius 1 is 1.13 bits per heavy atom. The van der Waals surface area contributed by atoms with Crippen LogP contribution in [0.3, 0.4) is 0 Å². The van der Waals surface area contributed by atoms with Crippen LogP contribution in [0.1, 0.15) is 58.8 Å². The smallest absolute Gasteiger partial charge is 0.142 e. The van der Waals surface area contributed by atoms with Crippen molar-refractivity contribution in [1.82, 2.24) is 0 Å². The maximum absolute atomic E-state index is 14.8. The van der Waals surface area contributed by atoms with Crippen molar-refractivity contribution in [2.45, 2.75) is 65.0 Å². The molecule has 4 saturated carbocycles. The van der Waals surface area contributed by atoms with Crippen molar-refractivity contribution in [1.29, 1.82) is 0 Å². The summed E-state index contributed by atoms with van der Waals surface area (Å²) in [6.07, 6.45) is 3.94. The van der Waals surface area contributed by atoms with E-state index in [0.717, 1.165) is 31.3 Å². The van der Waals surface area contributed by atoms with Gasteiger partial charge in [-0.25, -0.2) is 4.39 Å². The molecule has 0 heterocycles. The highest BCUT2D eigenvalue weighted by molar-refractivity contribution is 5.88. The van der Waals surface area contributed by atoms with Crippen molar-refractivity contribution >= 4 is 11.6 Å². The number of alkyl halides is 1. The SMILES string of the molecule is C=C1CC2C(CC[C@]3(C)C(=O)CC(F)C23)C2(C)CCC(=O)C[C@H]12. The van der Waals surface area contributed by atoms with Gasteiger partial charge in [-0.05, 0) is 48.9 Å². The fourth-order valence-corrected chi connectivity index (χ4v) is 6.82.